The van der Waals surface area contributed by atoms with Crippen molar-refractivity contribution in [2.24, 2.45) is 23.2 Å². The predicted octanol–water partition coefficient (Wildman–Crippen LogP) is 5.36. The van der Waals surface area contributed by atoms with E-state index in [9.17, 15) is 0 Å². The Morgan fingerprint density at radius 1 is 1.10 bits per heavy atom. The molecule has 5 rings (SSSR count). The van der Waals surface area contributed by atoms with Gasteiger partial charge in [0.05, 0.1) is 0 Å². The monoisotopic (exact) mass is 289 g/mol. The molecule has 4 aliphatic rings. The Morgan fingerprint density at radius 2 is 1.70 bits per heavy atom. The lowest BCUT2D eigenvalue weighted by molar-refractivity contribution is -0.0602. The molecule has 0 saturated heterocycles. The van der Waals surface area contributed by atoms with Gasteiger partial charge in [-0.05, 0) is 86.8 Å². The van der Waals surface area contributed by atoms with Crippen LogP contribution in [0.3, 0.4) is 0 Å². The molecule has 0 spiro atoms. The van der Waals surface area contributed by atoms with Gasteiger partial charge in [0.15, 0.2) is 0 Å². The maximum absolute atomic E-state index is 6.11. The number of rotatable bonds is 3. The van der Waals surface area contributed by atoms with E-state index in [1.807, 2.05) is 12.1 Å². The lowest BCUT2D eigenvalue weighted by Gasteiger charge is -2.59. The third-order valence-corrected chi connectivity index (χ3v) is 6.45. The normalized spacial score (nSPS) is 39.8. The summed E-state index contributed by atoms with van der Waals surface area (Å²) in [6.45, 7) is 2.40. The number of hydrogen-bond donors (Lipinski definition) is 1. The van der Waals surface area contributed by atoms with Crippen LogP contribution in [-0.4, -0.2) is 6.04 Å². The first-order valence-corrected chi connectivity index (χ1v) is 8.53. The largest absolute Gasteiger partial charge is 0.382 e. The Kier molecular flexibility index (Phi) is 3.03. The molecule has 1 atom stereocenters. The summed E-state index contributed by atoms with van der Waals surface area (Å²) >= 11 is 6.11. The molecule has 4 aliphatic carbocycles. The summed E-state index contributed by atoms with van der Waals surface area (Å²) < 4.78 is 0. The fraction of sp³-hybridized carbons (Fsp3) is 0.667. The van der Waals surface area contributed by atoms with E-state index < -0.39 is 0 Å². The second-order valence-corrected chi connectivity index (χ2v) is 8.09. The first-order chi connectivity index (χ1) is 9.63. The molecule has 0 radical (unpaired) electrons. The number of hydrogen-bond acceptors (Lipinski definition) is 1. The lowest BCUT2D eigenvalue weighted by Crippen LogP contribution is -2.52. The zero-order valence-electron chi connectivity index (χ0n) is 12.2. The van der Waals surface area contributed by atoms with E-state index in [2.05, 4.69) is 24.4 Å². The van der Waals surface area contributed by atoms with Crippen LogP contribution >= 0.6 is 11.6 Å². The SMILES string of the molecule is CC(Nc1cccc(Cl)c1)C12CC3CC(CC(C3)C1)C2. The summed E-state index contributed by atoms with van der Waals surface area (Å²) in [5.74, 6) is 3.06. The van der Waals surface area contributed by atoms with Crippen molar-refractivity contribution in [2.75, 3.05) is 5.32 Å². The Balaban J connectivity index is 1.54. The first-order valence-electron chi connectivity index (χ1n) is 8.15. The number of anilines is 1. The quantitative estimate of drug-likeness (QED) is 0.790. The number of benzene rings is 1. The number of nitrogens with one attached hydrogen (secondary N) is 1. The maximum Gasteiger partial charge on any atom is 0.0426 e. The first kappa shape index (κ1) is 13.0. The van der Waals surface area contributed by atoms with Crippen molar-refractivity contribution in [3.63, 3.8) is 0 Å². The van der Waals surface area contributed by atoms with Crippen molar-refractivity contribution in [1.82, 2.24) is 0 Å². The van der Waals surface area contributed by atoms with Crippen LogP contribution in [0.1, 0.15) is 45.4 Å². The average Bonchev–Trinajstić information content (AvgIpc) is 2.37. The zero-order chi connectivity index (χ0) is 13.7. The molecule has 108 valence electrons. The zero-order valence-corrected chi connectivity index (χ0v) is 13.0. The van der Waals surface area contributed by atoms with Gasteiger partial charge in [0.2, 0.25) is 0 Å². The smallest absolute Gasteiger partial charge is 0.0426 e. The fourth-order valence-electron chi connectivity index (χ4n) is 5.69. The topological polar surface area (TPSA) is 12.0 Å². The van der Waals surface area contributed by atoms with Crippen LogP contribution in [0.25, 0.3) is 0 Å². The van der Waals surface area contributed by atoms with Gasteiger partial charge >= 0.3 is 0 Å². The van der Waals surface area contributed by atoms with Gasteiger partial charge in [-0.2, -0.15) is 0 Å². The summed E-state index contributed by atoms with van der Waals surface area (Å²) in [5, 5.41) is 4.58. The number of halogens is 1. The molecule has 1 aromatic rings. The molecule has 1 nitrogen and oxygen atoms in total. The van der Waals surface area contributed by atoms with Crippen LogP contribution in [0.2, 0.25) is 5.02 Å². The highest BCUT2D eigenvalue weighted by molar-refractivity contribution is 6.30. The highest BCUT2D eigenvalue weighted by atomic mass is 35.5. The van der Waals surface area contributed by atoms with Crippen LogP contribution in [0.5, 0.6) is 0 Å². The third-order valence-electron chi connectivity index (χ3n) is 6.21. The molecule has 1 N–H and O–H groups in total. The molecule has 1 aromatic carbocycles. The molecule has 2 heteroatoms. The van der Waals surface area contributed by atoms with E-state index in [1.54, 1.807) is 0 Å². The molecule has 0 amide bonds. The van der Waals surface area contributed by atoms with Crippen LogP contribution in [0, 0.1) is 23.2 Å². The van der Waals surface area contributed by atoms with Crippen molar-refractivity contribution < 1.29 is 0 Å². The molecule has 0 aliphatic heterocycles. The van der Waals surface area contributed by atoms with Gasteiger partial charge in [0.1, 0.15) is 0 Å². The van der Waals surface area contributed by atoms with Gasteiger partial charge in [-0.3, -0.25) is 0 Å². The van der Waals surface area contributed by atoms with Gasteiger partial charge in [0.25, 0.3) is 0 Å². The highest BCUT2D eigenvalue weighted by Crippen LogP contribution is 2.61. The Morgan fingerprint density at radius 3 is 2.25 bits per heavy atom. The second kappa shape index (κ2) is 4.66. The third kappa shape index (κ3) is 2.15. The van der Waals surface area contributed by atoms with Crippen LogP contribution in [0.4, 0.5) is 5.69 Å². The molecule has 4 fully saturated rings. The predicted molar refractivity (Wildman–Crippen MR) is 85.1 cm³/mol. The van der Waals surface area contributed by atoms with E-state index in [4.69, 9.17) is 11.6 Å². The minimum atomic E-state index is 0.553. The molecule has 1 unspecified atom stereocenters. The summed E-state index contributed by atoms with van der Waals surface area (Å²) in [4.78, 5) is 0. The highest BCUT2D eigenvalue weighted by Gasteiger charge is 2.53. The van der Waals surface area contributed by atoms with Crippen LogP contribution in [0.15, 0.2) is 24.3 Å². The molecular formula is C18H24ClN. The summed E-state index contributed by atoms with van der Waals surface area (Å²) in [6.07, 6.45) is 8.91. The van der Waals surface area contributed by atoms with Crippen LogP contribution in [-0.2, 0) is 0 Å². The molecular weight excluding hydrogens is 266 g/mol. The molecule has 0 aromatic heterocycles. The van der Waals surface area contributed by atoms with E-state index in [1.165, 1.54) is 44.2 Å². The van der Waals surface area contributed by atoms with Gasteiger partial charge in [0, 0.05) is 16.8 Å². The molecule has 4 bridgehead atoms. The van der Waals surface area contributed by atoms with E-state index in [0.29, 0.717) is 11.5 Å². The van der Waals surface area contributed by atoms with Crippen molar-refractivity contribution in [3.05, 3.63) is 29.3 Å². The Labute approximate surface area is 127 Å². The lowest BCUT2D eigenvalue weighted by atomic mass is 9.48. The van der Waals surface area contributed by atoms with Gasteiger partial charge in [-0.25, -0.2) is 0 Å². The summed E-state index contributed by atoms with van der Waals surface area (Å²) in [6, 6.07) is 8.75. The van der Waals surface area contributed by atoms with Crippen LogP contribution < -0.4 is 5.32 Å². The van der Waals surface area contributed by atoms with Gasteiger partial charge in [-0.1, -0.05) is 17.7 Å². The molecule has 20 heavy (non-hydrogen) atoms. The molecule has 4 saturated carbocycles. The maximum atomic E-state index is 6.11. The minimum absolute atomic E-state index is 0.553. The Bertz CT molecular complexity index is 475. The van der Waals surface area contributed by atoms with Crippen molar-refractivity contribution in [3.8, 4) is 0 Å². The minimum Gasteiger partial charge on any atom is -0.382 e. The van der Waals surface area contributed by atoms with Crippen molar-refractivity contribution in [2.45, 2.75) is 51.5 Å². The van der Waals surface area contributed by atoms with Gasteiger partial charge < -0.3 is 5.32 Å². The standard InChI is InChI=1S/C18H24ClN/c1-12(20-17-4-2-3-16(19)8-17)18-9-13-5-14(10-18)7-15(6-13)11-18/h2-4,8,12-15,20H,5-7,9-11H2,1H3. The van der Waals surface area contributed by atoms with Crippen molar-refractivity contribution >= 4 is 17.3 Å². The fourth-order valence-corrected chi connectivity index (χ4v) is 5.88. The Hall–Kier alpha value is -0.690. The average molecular weight is 290 g/mol. The second-order valence-electron chi connectivity index (χ2n) is 7.66. The van der Waals surface area contributed by atoms with E-state index >= 15 is 0 Å². The van der Waals surface area contributed by atoms with E-state index in [0.717, 1.165) is 22.8 Å². The van der Waals surface area contributed by atoms with Crippen molar-refractivity contribution in [1.29, 1.82) is 0 Å². The summed E-state index contributed by atoms with van der Waals surface area (Å²) in [5.41, 5.74) is 1.73. The summed E-state index contributed by atoms with van der Waals surface area (Å²) in [7, 11) is 0. The van der Waals surface area contributed by atoms with Gasteiger partial charge in [-0.15, -0.1) is 0 Å². The molecule has 0 heterocycles. The van der Waals surface area contributed by atoms with E-state index in [-0.39, 0.29) is 0 Å².